The van der Waals surface area contributed by atoms with Gasteiger partial charge in [0, 0.05) is 6.42 Å². The minimum atomic E-state index is -2.54. The Morgan fingerprint density at radius 3 is 2.77 bits per heavy atom. The van der Waals surface area contributed by atoms with Gasteiger partial charge in [0.15, 0.2) is 0 Å². The molecular formula is C16H22F2N2O2. The Labute approximate surface area is 129 Å². The lowest BCUT2D eigenvalue weighted by atomic mass is 9.93. The van der Waals surface area contributed by atoms with E-state index in [9.17, 15) is 13.6 Å². The zero-order chi connectivity index (χ0) is 15.8. The van der Waals surface area contributed by atoms with Crippen molar-refractivity contribution in [1.29, 1.82) is 0 Å². The number of halogens is 2. The van der Waals surface area contributed by atoms with E-state index >= 15 is 0 Å². The first-order valence-electron chi connectivity index (χ1n) is 7.65. The number of nitrogens with one attached hydrogen (secondary N) is 2. The molecule has 2 rings (SSSR count). The SMILES string of the molecule is O=C(CCC1CCNCC1)Nc1ccccc1OCC(F)F. The maximum absolute atomic E-state index is 12.2. The van der Waals surface area contributed by atoms with Crippen molar-refractivity contribution in [2.24, 2.45) is 5.92 Å². The Morgan fingerprint density at radius 1 is 1.32 bits per heavy atom. The van der Waals surface area contributed by atoms with Crippen LogP contribution >= 0.6 is 0 Å². The Bertz CT molecular complexity index is 477. The lowest BCUT2D eigenvalue weighted by molar-refractivity contribution is -0.116. The van der Waals surface area contributed by atoms with Crippen LogP contribution in [0.1, 0.15) is 25.7 Å². The molecule has 1 fully saturated rings. The number of hydrogen-bond donors (Lipinski definition) is 2. The molecule has 122 valence electrons. The molecule has 0 saturated carbocycles. The number of ether oxygens (including phenoxy) is 1. The smallest absolute Gasteiger partial charge is 0.272 e. The summed E-state index contributed by atoms with van der Waals surface area (Å²) in [5, 5.41) is 6.04. The van der Waals surface area contributed by atoms with Crippen LogP contribution in [0.15, 0.2) is 24.3 Å². The average molecular weight is 312 g/mol. The zero-order valence-corrected chi connectivity index (χ0v) is 12.5. The monoisotopic (exact) mass is 312 g/mol. The third kappa shape index (κ3) is 5.60. The van der Waals surface area contributed by atoms with Crippen LogP contribution in [0.2, 0.25) is 0 Å². The van der Waals surface area contributed by atoms with E-state index in [1.165, 1.54) is 0 Å². The molecule has 0 unspecified atom stereocenters. The molecule has 0 radical (unpaired) electrons. The van der Waals surface area contributed by atoms with Crippen molar-refractivity contribution < 1.29 is 18.3 Å². The summed E-state index contributed by atoms with van der Waals surface area (Å²) < 4.78 is 29.5. The van der Waals surface area contributed by atoms with Gasteiger partial charge in [-0.25, -0.2) is 8.78 Å². The number of carbonyl (C=O) groups excluding carboxylic acids is 1. The predicted octanol–water partition coefficient (Wildman–Crippen LogP) is 3.05. The molecular weight excluding hydrogens is 290 g/mol. The van der Waals surface area contributed by atoms with Gasteiger partial charge in [-0.15, -0.1) is 0 Å². The van der Waals surface area contributed by atoms with E-state index in [4.69, 9.17) is 4.74 Å². The fourth-order valence-corrected chi connectivity index (χ4v) is 2.57. The Balaban J connectivity index is 1.82. The van der Waals surface area contributed by atoms with Crippen molar-refractivity contribution in [1.82, 2.24) is 5.32 Å². The third-order valence-corrected chi connectivity index (χ3v) is 3.76. The van der Waals surface area contributed by atoms with Gasteiger partial charge in [-0.05, 0) is 50.4 Å². The van der Waals surface area contributed by atoms with Gasteiger partial charge in [0.2, 0.25) is 5.91 Å². The van der Waals surface area contributed by atoms with Crippen LogP contribution in [0, 0.1) is 5.92 Å². The third-order valence-electron chi connectivity index (χ3n) is 3.76. The standard InChI is InChI=1S/C16H22F2N2O2/c17-15(18)11-22-14-4-2-1-3-13(14)20-16(21)6-5-12-7-9-19-10-8-12/h1-4,12,15,19H,5-11H2,(H,20,21). The molecule has 0 spiro atoms. The quantitative estimate of drug-likeness (QED) is 0.813. The minimum Gasteiger partial charge on any atom is -0.485 e. The summed E-state index contributed by atoms with van der Waals surface area (Å²) in [4.78, 5) is 12.0. The van der Waals surface area contributed by atoms with Gasteiger partial charge < -0.3 is 15.4 Å². The molecule has 1 aromatic carbocycles. The van der Waals surface area contributed by atoms with Crippen LogP contribution in [0.4, 0.5) is 14.5 Å². The van der Waals surface area contributed by atoms with Crippen molar-refractivity contribution in [3.63, 3.8) is 0 Å². The second-order valence-corrected chi connectivity index (χ2v) is 5.48. The minimum absolute atomic E-state index is 0.105. The highest BCUT2D eigenvalue weighted by molar-refractivity contribution is 5.92. The molecule has 1 heterocycles. The van der Waals surface area contributed by atoms with Gasteiger partial charge >= 0.3 is 0 Å². The maximum Gasteiger partial charge on any atom is 0.272 e. The number of piperidine rings is 1. The van der Waals surface area contributed by atoms with Crippen LogP contribution in [0.3, 0.4) is 0 Å². The zero-order valence-electron chi connectivity index (χ0n) is 12.5. The van der Waals surface area contributed by atoms with Gasteiger partial charge in [-0.3, -0.25) is 4.79 Å². The summed E-state index contributed by atoms with van der Waals surface area (Å²) in [6.07, 6.45) is 0.952. The number of rotatable bonds is 7. The summed E-state index contributed by atoms with van der Waals surface area (Å²) in [7, 11) is 0. The fourth-order valence-electron chi connectivity index (χ4n) is 2.57. The molecule has 4 nitrogen and oxygen atoms in total. The number of hydrogen-bond acceptors (Lipinski definition) is 3. The molecule has 22 heavy (non-hydrogen) atoms. The highest BCUT2D eigenvalue weighted by atomic mass is 19.3. The largest absolute Gasteiger partial charge is 0.485 e. The second kappa shape index (κ2) is 8.68. The average Bonchev–Trinajstić information content (AvgIpc) is 2.53. The van der Waals surface area contributed by atoms with E-state index < -0.39 is 13.0 Å². The Morgan fingerprint density at radius 2 is 2.05 bits per heavy atom. The molecule has 2 N–H and O–H groups in total. The van der Waals surface area contributed by atoms with Crippen LogP contribution in [-0.2, 0) is 4.79 Å². The van der Waals surface area contributed by atoms with Gasteiger partial charge in [-0.1, -0.05) is 12.1 Å². The number of para-hydroxylation sites is 2. The molecule has 1 aliphatic rings. The first-order valence-corrected chi connectivity index (χ1v) is 7.65. The summed E-state index contributed by atoms with van der Waals surface area (Å²) in [5.74, 6) is 0.752. The van der Waals surface area contributed by atoms with Crippen molar-refractivity contribution >= 4 is 11.6 Å². The molecule has 1 amide bonds. The van der Waals surface area contributed by atoms with Gasteiger partial charge in [0.25, 0.3) is 6.43 Å². The Hall–Kier alpha value is -1.69. The highest BCUT2D eigenvalue weighted by Gasteiger charge is 2.15. The lowest BCUT2D eigenvalue weighted by Gasteiger charge is -2.22. The van der Waals surface area contributed by atoms with Gasteiger partial charge in [-0.2, -0.15) is 0 Å². The second-order valence-electron chi connectivity index (χ2n) is 5.48. The number of amides is 1. The molecule has 1 aromatic rings. The summed E-state index contributed by atoms with van der Waals surface area (Å²) in [6.45, 7) is 1.34. The number of alkyl halides is 2. The molecule has 0 atom stereocenters. The molecule has 0 bridgehead atoms. The van der Waals surface area contributed by atoms with Crippen molar-refractivity contribution in [3.05, 3.63) is 24.3 Å². The van der Waals surface area contributed by atoms with E-state index in [0.717, 1.165) is 32.4 Å². The van der Waals surface area contributed by atoms with Crippen LogP contribution in [-0.4, -0.2) is 32.0 Å². The van der Waals surface area contributed by atoms with E-state index in [0.29, 0.717) is 18.0 Å². The lowest BCUT2D eigenvalue weighted by Crippen LogP contribution is -2.28. The van der Waals surface area contributed by atoms with Crippen LogP contribution < -0.4 is 15.4 Å². The molecule has 6 heteroatoms. The fraction of sp³-hybridized carbons (Fsp3) is 0.562. The van der Waals surface area contributed by atoms with Gasteiger partial charge in [0.1, 0.15) is 12.4 Å². The highest BCUT2D eigenvalue weighted by Crippen LogP contribution is 2.25. The van der Waals surface area contributed by atoms with Crippen LogP contribution in [0.25, 0.3) is 0 Å². The summed E-state index contributed by atoms with van der Waals surface area (Å²) >= 11 is 0. The first kappa shape index (κ1) is 16.7. The van der Waals surface area contributed by atoms with E-state index in [2.05, 4.69) is 10.6 Å². The Kier molecular flexibility index (Phi) is 6.58. The number of benzene rings is 1. The van der Waals surface area contributed by atoms with E-state index in [1.807, 2.05) is 0 Å². The summed E-state index contributed by atoms with van der Waals surface area (Å²) in [6, 6.07) is 6.65. The molecule has 1 aliphatic heterocycles. The van der Waals surface area contributed by atoms with Crippen molar-refractivity contribution in [2.75, 3.05) is 25.0 Å². The predicted molar refractivity (Wildman–Crippen MR) is 81.4 cm³/mol. The topological polar surface area (TPSA) is 50.4 Å². The first-order chi connectivity index (χ1) is 10.6. The normalized spacial score (nSPS) is 15.8. The van der Waals surface area contributed by atoms with E-state index in [1.54, 1.807) is 24.3 Å². The van der Waals surface area contributed by atoms with Crippen LogP contribution in [0.5, 0.6) is 5.75 Å². The van der Waals surface area contributed by atoms with Gasteiger partial charge in [0.05, 0.1) is 5.69 Å². The van der Waals surface area contributed by atoms with Crippen molar-refractivity contribution in [2.45, 2.75) is 32.1 Å². The van der Waals surface area contributed by atoms with E-state index in [-0.39, 0.29) is 11.7 Å². The maximum atomic E-state index is 12.2. The summed E-state index contributed by atoms with van der Waals surface area (Å²) in [5.41, 5.74) is 0.443. The molecule has 0 aliphatic carbocycles. The molecule has 1 saturated heterocycles. The number of carbonyl (C=O) groups is 1. The van der Waals surface area contributed by atoms with Crippen molar-refractivity contribution in [3.8, 4) is 5.75 Å². The molecule has 0 aromatic heterocycles. The number of anilines is 1.